The van der Waals surface area contributed by atoms with Crippen LogP contribution in [0.1, 0.15) is 32.4 Å². The molecule has 0 saturated carbocycles. The monoisotopic (exact) mass is 300 g/mol. The molecule has 1 aromatic carbocycles. The summed E-state index contributed by atoms with van der Waals surface area (Å²) in [5.41, 5.74) is 0.855. The van der Waals surface area contributed by atoms with Crippen molar-refractivity contribution in [2.45, 2.75) is 37.8 Å². The van der Waals surface area contributed by atoms with E-state index in [-0.39, 0.29) is 16.9 Å². The minimum absolute atomic E-state index is 0.0619. The highest BCUT2D eigenvalue weighted by molar-refractivity contribution is 7.89. The SMILES string of the molecule is CCOC(=O)C(C)NC(C)c1ccc(S(N)(=O)=O)cc1. The van der Waals surface area contributed by atoms with E-state index >= 15 is 0 Å². The second-order valence-corrected chi connectivity index (χ2v) is 6.04. The first-order valence-electron chi connectivity index (χ1n) is 6.31. The first-order valence-corrected chi connectivity index (χ1v) is 7.85. The van der Waals surface area contributed by atoms with Crippen LogP contribution in [0.15, 0.2) is 29.2 Å². The number of esters is 1. The Morgan fingerprint density at radius 1 is 1.30 bits per heavy atom. The van der Waals surface area contributed by atoms with E-state index in [2.05, 4.69) is 5.32 Å². The van der Waals surface area contributed by atoms with Gasteiger partial charge in [0.25, 0.3) is 0 Å². The molecule has 0 spiro atoms. The molecule has 0 fully saturated rings. The zero-order valence-electron chi connectivity index (χ0n) is 11.8. The lowest BCUT2D eigenvalue weighted by Crippen LogP contribution is -2.37. The van der Waals surface area contributed by atoms with Crippen LogP contribution in [-0.4, -0.2) is 27.0 Å². The average molecular weight is 300 g/mol. The fourth-order valence-corrected chi connectivity index (χ4v) is 2.27. The lowest BCUT2D eigenvalue weighted by molar-refractivity contribution is -0.145. The smallest absolute Gasteiger partial charge is 0.322 e. The molecule has 7 heteroatoms. The molecule has 1 aromatic rings. The Morgan fingerprint density at radius 2 is 1.85 bits per heavy atom. The molecule has 0 aliphatic heterocycles. The fraction of sp³-hybridized carbons (Fsp3) is 0.462. The van der Waals surface area contributed by atoms with Crippen LogP contribution < -0.4 is 10.5 Å². The van der Waals surface area contributed by atoms with Gasteiger partial charge >= 0.3 is 5.97 Å². The minimum atomic E-state index is -3.68. The third-order valence-electron chi connectivity index (χ3n) is 2.85. The Morgan fingerprint density at radius 3 is 2.30 bits per heavy atom. The van der Waals surface area contributed by atoms with Crippen LogP contribution in [0.5, 0.6) is 0 Å². The Bertz CT molecular complexity index is 554. The van der Waals surface area contributed by atoms with Crippen molar-refractivity contribution in [2.24, 2.45) is 5.14 Å². The number of primary sulfonamides is 1. The van der Waals surface area contributed by atoms with Crippen LogP contribution in [0.2, 0.25) is 0 Å². The van der Waals surface area contributed by atoms with Crippen molar-refractivity contribution in [1.82, 2.24) is 5.32 Å². The van der Waals surface area contributed by atoms with Gasteiger partial charge in [0.1, 0.15) is 6.04 Å². The number of nitrogens with two attached hydrogens (primary N) is 1. The van der Waals surface area contributed by atoms with Gasteiger partial charge in [-0.25, -0.2) is 13.6 Å². The van der Waals surface area contributed by atoms with Crippen molar-refractivity contribution < 1.29 is 17.9 Å². The minimum Gasteiger partial charge on any atom is -0.465 e. The van der Waals surface area contributed by atoms with Crippen molar-refractivity contribution >= 4 is 16.0 Å². The third-order valence-corrected chi connectivity index (χ3v) is 3.78. The summed E-state index contributed by atoms with van der Waals surface area (Å²) in [5, 5.41) is 8.12. The summed E-state index contributed by atoms with van der Waals surface area (Å²) < 4.78 is 27.2. The van der Waals surface area contributed by atoms with Gasteiger partial charge in [-0.3, -0.25) is 10.1 Å². The Kier molecular flexibility index (Phi) is 5.67. The molecule has 0 aliphatic rings. The number of hydrogen-bond acceptors (Lipinski definition) is 5. The summed E-state index contributed by atoms with van der Waals surface area (Å²) >= 11 is 0. The van der Waals surface area contributed by atoms with Gasteiger partial charge in [0.15, 0.2) is 0 Å². The number of ether oxygens (including phenoxy) is 1. The van der Waals surface area contributed by atoms with E-state index < -0.39 is 16.1 Å². The lowest BCUT2D eigenvalue weighted by atomic mass is 10.1. The molecule has 3 N–H and O–H groups in total. The normalized spacial score (nSPS) is 14.6. The molecule has 0 bridgehead atoms. The summed E-state index contributed by atoms with van der Waals surface area (Å²) in [6, 6.07) is 5.65. The van der Waals surface area contributed by atoms with Gasteiger partial charge in [-0.1, -0.05) is 12.1 Å². The highest BCUT2D eigenvalue weighted by Crippen LogP contribution is 2.16. The highest BCUT2D eigenvalue weighted by atomic mass is 32.2. The first kappa shape index (κ1) is 16.6. The van der Waals surface area contributed by atoms with Crippen LogP contribution in [-0.2, 0) is 19.6 Å². The molecule has 2 atom stereocenters. The number of carbonyl (C=O) groups is 1. The zero-order valence-corrected chi connectivity index (χ0v) is 12.6. The third kappa shape index (κ3) is 4.59. The molecule has 0 saturated heterocycles. The maximum atomic E-state index is 11.5. The van der Waals surface area contributed by atoms with Gasteiger partial charge in [-0.15, -0.1) is 0 Å². The quantitative estimate of drug-likeness (QED) is 0.762. The molecule has 1 rings (SSSR count). The Labute approximate surface area is 119 Å². The Balaban J connectivity index is 2.73. The van der Waals surface area contributed by atoms with Gasteiger partial charge in [-0.05, 0) is 38.5 Å². The summed E-state index contributed by atoms with van der Waals surface area (Å²) in [7, 11) is -3.68. The standard InChI is InChI=1S/C13H20N2O4S/c1-4-19-13(16)10(3)15-9(2)11-5-7-12(8-6-11)20(14,17)18/h5-10,15H,4H2,1-3H3,(H2,14,17,18). The molecule has 6 nitrogen and oxygen atoms in total. The second kappa shape index (κ2) is 6.83. The Hall–Kier alpha value is -1.44. The highest BCUT2D eigenvalue weighted by Gasteiger charge is 2.17. The molecule has 0 amide bonds. The zero-order chi connectivity index (χ0) is 15.3. The summed E-state index contributed by atoms with van der Waals surface area (Å²) in [5.74, 6) is -0.319. The molecule has 0 aliphatic carbocycles. The number of nitrogens with one attached hydrogen (secondary N) is 1. The molecule has 0 radical (unpaired) electrons. The average Bonchev–Trinajstić information content (AvgIpc) is 2.38. The first-order chi connectivity index (χ1) is 9.25. The van der Waals surface area contributed by atoms with Gasteiger partial charge in [0.2, 0.25) is 10.0 Å². The van der Waals surface area contributed by atoms with Gasteiger partial charge in [0.05, 0.1) is 11.5 Å². The summed E-state index contributed by atoms with van der Waals surface area (Å²) in [4.78, 5) is 11.6. The van der Waals surface area contributed by atoms with Crippen molar-refractivity contribution in [3.05, 3.63) is 29.8 Å². The van der Waals surface area contributed by atoms with Crippen LogP contribution in [0, 0.1) is 0 Å². The molecule has 0 heterocycles. The van der Waals surface area contributed by atoms with Gasteiger partial charge in [0, 0.05) is 6.04 Å². The van der Waals surface area contributed by atoms with Crippen LogP contribution >= 0.6 is 0 Å². The van der Waals surface area contributed by atoms with Crippen LogP contribution in [0.25, 0.3) is 0 Å². The maximum absolute atomic E-state index is 11.5. The van der Waals surface area contributed by atoms with Crippen molar-refractivity contribution in [3.8, 4) is 0 Å². The summed E-state index contributed by atoms with van der Waals surface area (Å²) in [6.45, 7) is 5.68. The lowest BCUT2D eigenvalue weighted by Gasteiger charge is -2.19. The molecule has 0 aromatic heterocycles. The van der Waals surface area contributed by atoms with E-state index in [1.54, 1.807) is 26.0 Å². The van der Waals surface area contributed by atoms with Crippen molar-refractivity contribution in [1.29, 1.82) is 0 Å². The van der Waals surface area contributed by atoms with Gasteiger partial charge < -0.3 is 4.74 Å². The van der Waals surface area contributed by atoms with E-state index in [0.29, 0.717) is 6.61 Å². The molecular formula is C13H20N2O4S. The van der Waals surface area contributed by atoms with Crippen molar-refractivity contribution in [2.75, 3.05) is 6.61 Å². The fourth-order valence-electron chi connectivity index (χ4n) is 1.75. The number of hydrogen-bond donors (Lipinski definition) is 2. The van der Waals surface area contributed by atoms with E-state index in [9.17, 15) is 13.2 Å². The molecular weight excluding hydrogens is 280 g/mol. The van der Waals surface area contributed by atoms with E-state index in [1.807, 2.05) is 6.92 Å². The molecule has 112 valence electrons. The summed E-state index contributed by atoms with van der Waals surface area (Å²) in [6.07, 6.45) is 0. The number of benzene rings is 1. The number of carbonyl (C=O) groups excluding carboxylic acids is 1. The van der Waals surface area contributed by atoms with E-state index in [0.717, 1.165) is 5.56 Å². The topological polar surface area (TPSA) is 98.5 Å². The number of sulfonamides is 1. The molecule has 20 heavy (non-hydrogen) atoms. The number of rotatable bonds is 6. The van der Waals surface area contributed by atoms with Gasteiger partial charge in [-0.2, -0.15) is 0 Å². The van der Waals surface area contributed by atoms with Crippen LogP contribution in [0.4, 0.5) is 0 Å². The molecule has 2 unspecified atom stereocenters. The predicted molar refractivity (Wildman–Crippen MR) is 75.5 cm³/mol. The second-order valence-electron chi connectivity index (χ2n) is 4.48. The predicted octanol–water partition coefficient (Wildman–Crippen LogP) is 0.936. The van der Waals surface area contributed by atoms with Crippen molar-refractivity contribution in [3.63, 3.8) is 0 Å². The van der Waals surface area contributed by atoms with Crippen LogP contribution in [0.3, 0.4) is 0 Å². The maximum Gasteiger partial charge on any atom is 0.322 e. The van der Waals surface area contributed by atoms with E-state index in [1.165, 1.54) is 12.1 Å². The largest absolute Gasteiger partial charge is 0.465 e. The van der Waals surface area contributed by atoms with E-state index in [4.69, 9.17) is 9.88 Å².